The van der Waals surface area contributed by atoms with E-state index in [1.807, 2.05) is 0 Å². The fourth-order valence-corrected chi connectivity index (χ4v) is 16.9. The van der Waals surface area contributed by atoms with Crippen LogP contribution in [0.5, 0.6) is 0 Å². The summed E-state index contributed by atoms with van der Waals surface area (Å²) in [6.45, 7) is 0. The van der Waals surface area contributed by atoms with Crippen molar-refractivity contribution in [3.05, 3.63) is 242 Å². The number of fused-ring (bicyclic) bond motifs is 3. The third-order valence-electron chi connectivity index (χ3n) is 11.0. The highest BCUT2D eigenvalue weighted by Crippen LogP contribution is 2.59. The van der Waals surface area contributed by atoms with Crippen molar-refractivity contribution >= 4 is 67.9 Å². The van der Waals surface area contributed by atoms with Gasteiger partial charge >= 0.3 is 0 Å². The van der Waals surface area contributed by atoms with Crippen molar-refractivity contribution in [2.45, 2.75) is 12.3 Å². The molecular formula is C52H42P2+2. The van der Waals surface area contributed by atoms with Gasteiger partial charge in [0.15, 0.2) is 0 Å². The molecule has 0 aromatic heterocycles. The van der Waals surface area contributed by atoms with Crippen molar-refractivity contribution in [2.75, 3.05) is 0 Å². The molecule has 0 amide bonds. The normalized spacial score (nSPS) is 11.9. The van der Waals surface area contributed by atoms with E-state index in [1.54, 1.807) is 0 Å². The van der Waals surface area contributed by atoms with Gasteiger partial charge in [0.05, 0.1) is 12.3 Å². The number of rotatable bonds is 10. The molecular weight excluding hydrogens is 687 g/mol. The van der Waals surface area contributed by atoms with E-state index < -0.39 is 14.5 Å². The molecule has 0 bridgehead atoms. The minimum atomic E-state index is -2.00. The summed E-state index contributed by atoms with van der Waals surface area (Å²) in [6.07, 6.45) is 1.92. The summed E-state index contributed by atoms with van der Waals surface area (Å²) in [5.74, 6) is 0. The highest BCUT2D eigenvalue weighted by molar-refractivity contribution is 7.95. The van der Waals surface area contributed by atoms with Crippen LogP contribution in [-0.4, -0.2) is 0 Å². The first-order valence-corrected chi connectivity index (χ1v) is 22.7. The van der Waals surface area contributed by atoms with Crippen LogP contribution < -0.4 is 31.8 Å². The number of hydrogen-bond donors (Lipinski definition) is 0. The Labute approximate surface area is 320 Å². The molecule has 9 rings (SSSR count). The predicted octanol–water partition coefficient (Wildman–Crippen LogP) is 11.0. The van der Waals surface area contributed by atoms with E-state index in [4.69, 9.17) is 0 Å². The third kappa shape index (κ3) is 6.27. The molecule has 54 heavy (non-hydrogen) atoms. The molecule has 0 heterocycles. The SMILES string of the molecule is c1ccc([P+](Cc2ccc3c(ccc4cc(C[P+](c5ccccc5)(c5ccccc5)c5ccccc5)ccc43)c2)(c2ccccc2)c2ccccc2)cc1. The van der Waals surface area contributed by atoms with Gasteiger partial charge in [0.1, 0.15) is 46.4 Å². The number of hydrogen-bond acceptors (Lipinski definition) is 0. The first-order valence-electron chi connectivity index (χ1n) is 18.8. The van der Waals surface area contributed by atoms with Gasteiger partial charge in [-0.1, -0.05) is 146 Å². The van der Waals surface area contributed by atoms with Crippen LogP contribution in [-0.2, 0) is 12.3 Å². The van der Waals surface area contributed by atoms with Crippen LogP contribution in [0.25, 0.3) is 21.5 Å². The topological polar surface area (TPSA) is 0 Å². The molecule has 9 aromatic rings. The summed E-state index contributed by atoms with van der Waals surface area (Å²) in [5, 5.41) is 13.7. The van der Waals surface area contributed by atoms with Gasteiger partial charge in [0, 0.05) is 0 Å². The Morgan fingerprint density at radius 3 is 0.722 bits per heavy atom. The van der Waals surface area contributed by atoms with E-state index in [1.165, 1.54) is 64.5 Å². The average Bonchev–Trinajstić information content (AvgIpc) is 3.26. The van der Waals surface area contributed by atoms with Gasteiger partial charge in [-0.05, 0) is 118 Å². The van der Waals surface area contributed by atoms with E-state index >= 15 is 0 Å². The fourth-order valence-electron chi connectivity index (χ4n) is 8.45. The zero-order chi connectivity index (χ0) is 36.2. The zero-order valence-corrected chi connectivity index (χ0v) is 32.0. The minimum absolute atomic E-state index is 0.961. The Morgan fingerprint density at radius 2 is 0.481 bits per heavy atom. The molecule has 0 aliphatic carbocycles. The van der Waals surface area contributed by atoms with Crippen molar-refractivity contribution in [2.24, 2.45) is 0 Å². The molecule has 0 saturated carbocycles. The van der Waals surface area contributed by atoms with E-state index in [-0.39, 0.29) is 0 Å². The van der Waals surface area contributed by atoms with Gasteiger partial charge in [0.2, 0.25) is 0 Å². The summed E-state index contributed by atoms with van der Waals surface area (Å²) in [4.78, 5) is 0. The fraction of sp³-hybridized carbons (Fsp3) is 0.0385. The maximum absolute atomic E-state index is 2.45. The third-order valence-corrected chi connectivity index (χ3v) is 19.7. The Bertz CT molecular complexity index is 2240. The minimum Gasteiger partial charge on any atom is -0.0620 e. The van der Waals surface area contributed by atoms with Gasteiger partial charge in [-0.2, -0.15) is 0 Å². The van der Waals surface area contributed by atoms with Gasteiger partial charge < -0.3 is 0 Å². The van der Waals surface area contributed by atoms with Crippen LogP contribution in [0.1, 0.15) is 11.1 Å². The Balaban J connectivity index is 1.14. The predicted molar refractivity (Wildman–Crippen MR) is 239 cm³/mol. The molecule has 0 fully saturated rings. The standard InChI is InChI=1S/C52H42P2/c1-7-19-45(20-8-1)53(46-21-9-2-10-22-46,47-23-11-3-12-24-47)39-41-31-35-51-43(37-41)33-34-44-38-42(32-36-52(44)51)40-54(48-25-13-4-14-26-48,49-27-15-5-16-28-49)50-29-17-6-18-30-50/h1-38H,39-40H2/q+2. The Hall–Kier alpha value is -5.64. The van der Waals surface area contributed by atoms with Crippen molar-refractivity contribution < 1.29 is 0 Å². The lowest BCUT2D eigenvalue weighted by Gasteiger charge is -2.28. The van der Waals surface area contributed by atoms with Crippen molar-refractivity contribution in [1.82, 2.24) is 0 Å². The molecule has 0 spiro atoms. The first-order chi connectivity index (χ1) is 26.7. The maximum atomic E-state index is 2.45. The second-order valence-electron chi connectivity index (χ2n) is 14.1. The molecule has 0 aliphatic rings. The second kappa shape index (κ2) is 15.0. The van der Waals surface area contributed by atoms with Crippen molar-refractivity contribution in [3.8, 4) is 0 Å². The summed E-state index contributed by atoms with van der Waals surface area (Å²) in [7, 11) is -4.00. The molecule has 258 valence electrons. The molecule has 9 aromatic carbocycles. The quantitative estimate of drug-likeness (QED) is 0.0972. The van der Waals surface area contributed by atoms with E-state index in [0.29, 0.717) is 0 Å². The summed E-state index contributed by atoms with van der Waals surface area (Å²) in [5.41, 5.74) is 2.73. The van der Waals surface area contributed by atoms with Gasteiger partial charge in [-0.3, -0.25) is 0 Å². The van der Waals surface area contributed by atoms with E-state index in [9.17, 15) is 0 Å². The lowest BCUT2D eigenvalue weighted by molar-refractivity contribution is 1.40. The van der Waals surface area contributed by atoms with Crippen LogP contribution in [0, 0.1) is 0 Å². The molecule has 0 N–H and O–H groups in total. The van der Waals surface area contributed by atoms with Crippen molar-refractivity contribution in [3.63, 3.8) is 0 Å². The molecule has 0 saturated heterocycles. The van der Waals surface area contributed by atoms with Crippen molar-refractivity contribution in [1.29, 1.82) is 0 Å². The smallest absolute Gasteiger partial charge is 0.0620 e. The zero-order valence-electron chi connectivity index (χ0n) is 30.2. The molecule has 0 aliphatic heterocycles. The van der Waals surface area contributed by atoms with E-state index in [2.05, 4.69) is 231 Å². The largest absolute Gasteiger partial charge is 0.116 e. The summed E-state index contributed by atoms with van der Waals surface area (Å²) < 4.78 is 0. The maximum Gasteiger partial charge on any atom is 0.116 e. The van der Waals surface area contributed by atoms with Crippen LogP contribution >= 0.6 is 14.5 Å². The van der Waals surface area contributed by atoms with Crippen LogP contribution in [0.15, 0.2) is 231 Å². The van der Waals surface area contributed by atoms with Crippen LogP contribution in [0.3, 0.4) is 0 Å². The Morgan fingerprint density at radius 1 is 0.241 bits per heavy atom. The van der Waals surface area contributed by atoms with Crippen LogP contribution in [0.4, 0.5) is 0 Å². The van der Waals surface area contributed by atoms with Gasteiger partial charge in [-0.25, -0.2) is 0 Å². The molecule has 0 nitrogen and oxygen atoms in total. The monoisotopic (exact) mass is 728 g/mol. The molecule has 0 atom stereocenters. The first kappa shape index (κ1) is 34.1. The average molecular weight is 729 g/mol. The van der Waals surface area contributed by atoms with Crippen LogP contribution in [0.2, 0.25) is 0 Å². The highest BCUT2D eigenvalue weighted by Gasteiger charge is 2.46. The second-order valence-corrected chi connectivity index (χ2v) is 21.1. The van der Waals surface area contributed by atoms with Gasteiger partial charge in [0.25, 0.3) is 0 Å². The number of benzene rings is 9. The lowest BCUT2D eigenvalue weighted by Crippen LogP contribution is -2.32. The highest BCUT2D eigenvalue weighted by atomic mass is 31.2. The lowest BCUT2D eigenvalue weighted by atomic mass is 9.99. The molecule has 2 heteroatoms. The van der Waals surface area contributed by atoms with E-state index in [0.717, 1.165) is 12.3 Å². The molecule has 0 unspecified atom stereocenters. The summed E-state index contributed by atoms with van der Waals surface area (Å²) in [6, 6.07) is 86.3. The Kier molecular flexibility index (Phi) is 9.49. The van der Waals surface area contributed by atoms with Gasteiger partial charge in [-0.15, -0.1) is 0 Å². The molecule has 0 radical (unpaired) electrons. The summed E-state index contributed by atoms with van der Waals surface area (Å²) >= 11 is 0.